The third-order valence-electron chi connectivity index (χ3n) is 4.28. The van der Waals surface area contributed by atoms with Crippen molar-refractivity contribution in [1.82, 2.24) is 19.9 Å². The van der Waals surface area contributed by atoms with Crippen LogP contribution < -0.4 is 0 Å². The number of H-pyrrole nitrogens is 2. The Hall–Kier alpha value is -2.44. The zero-order valence-electron chi connectivity index (χ0n) is 15.5. The number of benzene rings is 2. The van der Waals surface area contributed by atoms with Gasteiger partial charge in [0.1, 0.15) is 0 Å². The van der Waals surface area contributed by atoms with Crippen LogP contribution >= 0.6 is 23.5 Å². The molecule has 6 heteroatoms. The molecule has 2 aromatic carbocycles. The molecule has 142 valence electrons. The molecule has 4 aromatic rings. The van der Waals surface area contributed by atoms with Crippen LogP contribution in [0.1, 0.15) is 12.8 Å². The highest BCUT2D eigenvalue weighted by molar-refractivity contribution is 7.99. The molecule has 0 saturated carbocycles. The first kappa shape index (κ1) is 18.9. The summed E-state index contributed by atoms with van der Waals surface area (Å²) in [5, 5.41) is 1.98. The highest BCUT2D eigenvalue weighted by Crippen LogP contribution is 2.32. The molecule has 4 nitrogen and oxygen atoms in total. The fourth-order valence-electron chi connectivity index (χ4n) is 2.91. The quantitative estimate of drug-likeness (QED) is 0.259. The number of nitrogens with one attached hydrogen (secondary N) is 2. The molecule has 0 aliphatic heterocycles. The van der Waals surface area contributed by atoms with Gasteiger partial charge in [0.2, 0.25) is 0 Å². The Morgan fingerprint density at radius 1 is 0.750 bits per heavy atom. The number of hydrogen-bond donors (Lipinski definition) is 2. The minimum Gasteiger partial charge on any atom is -0.340 e. The molecule has 0 bridgehead atoms. The maximum Gasteiger partial charge on any atom is 0.166 e. The van der Waals surface area contributed by atoms with Crippen LogP contribution in [0.3, 0.4) is 0 Å². The molecular formula is C22H22N4S2. The zero-order chi connectivity index (χ0) is 19.0. The summed E-state index contributed by atoms with van der Waals surface area (Å²) in [7, 11) is 0. The number of imidazole rings is 2. The van der Waals surface area contributed by atoms with Crippen LogP contribution in [0, 0.1) is 0 Å². The van der Waals surface area contributed by atoms with Crippen molar-refractivity contribution in [3.63, 3.8) is 0 Å². The van der Waals surface area contributed by atoms with E-state index in [4.69, 9.17) is 4.98 Å². The van der Waals surface area contributed by atoms with Crippen LogP contribution in [0.4, 0.5) is 0 Å². The maximum absolute atomic E-state index is 4.90. The Bertz CT molecular complexity index is 909. The van der Waals surface area contributed by atoms with Crippen LogP contribution in [-0.4, -0.2) is 31.4 Å². The van der Waals surface area contributed by atoms with E-state index in [2.05, 4.69) is 63.5 Å². The second kappa shape index (κ2) is 9.66. The van der Waals surface area contributed by atoms with Gasteiger partial charge in [-0.15, -0.1) is 0 Å². The van der Waals surface area contributed by atoms with Crippen molar-refractivity contribution in [3.8, 4) is 22.5 Å². The number of unbranched alkanes of at least 4 members (excludes halogenated alkanes) is 1. The molecule has 0 aliphatic carbocycles. The van der Waals surface area contributed by atoms with Crippen LogP contribution in [0.25, 0.3) is 22.5 Å². The molecule has 0 unspecified atom stereocenters. The number of nitrogens with zero attached hydrogens (tertiary/aromatic N) is 2. The summed E-state index contributed by atoms with van der Waals surface area (Å²) >= 11 is 3.57. The first-order valence-corrected chi connectivity index (χ1v) is 11.3. The number of aromatic amines is 2. The molecule has 0 saturated heterocycles. The van der Waals surface area contributed by atoms with E-state index < -0.39 is 0 Å². The van der Waals surface area contributed by atoms with Crippen LogP contribution in [-0.2, 0) is 0 Å². The summed E-state index contributed by atoms with van der Waals surface area (Å²) in [4.78, 5) is 15.8. The molecule has 4 rings (SSSR count). The normalized spacial score (nSPS) is 11.0. The topological polar surface area (TPSA) is 57.4 Å². The van der Waals surface area contributed by atoms with Gasteiger partial charge in [0.25, 0.3) is 0 Å². The molecule has 0 fully saturated rings. The first-order chi connectivity index (χ1) is 13.9. The molecule has 2 N–H and O–H groups in total. The van der Waals surface area contributed by atoms with E-state index >= 15 is 0 Å². The molecule has 28 heavy (non-hydrogen) atoms. The van der Waals surface area contributed by atoms with Crippen molar-refractivity contribution >= 4 is 23.5 Å². The van der Waals surface area contributed by atoms with Crippen molar-refractivity contribution in [2.45, 2.75) is 23.2 Å². The van der Waals surface area contributed by atoms with E-state index in [-0.39, 0.29) is 0 Å². The van der Waals surface area contributed by atoms with Crippen molar-refractivity contribution < 1.29 is 0 Å². The van der Waals surface area contributed by atoms with Gasteiger partial charge in [-0.05, 0) is 12.8 Å². The molecular weight excluding hydrogens is 384 g/mol. The van der Waals surface area contributed by atoms with E-state index in [9.17, 15) is 0 Å². The average molecular weight is 407 g/mol. The van der Waals surface area contributed by atoms with Gasteiger partial charge in [0.15, 0.2) is 10.3 Å². The Balaban J connectivity index is 1.39. The SMILES string of the molecule is c1ccc(-c2nc(SCCCCSc3ncc[nH]3)[nH]c2-c2ccccc2)cc1. The first-order valence-electron chi connectivity index (χ1n) is 9.36. The fourth-order valence-corrected chi connectivity index (χ4v) is 4.61. The van der Waals surface area contributed by atoms with Crippen LogP contribution in [0.15, 0.2) is 83.4 Å². The molecule has 2 heterocycles. The summed E-state index contributed by atoms with van der Waals surface area (Å²) in [5.74, 6) is 2.13. The van der Waals surface area contributed by atoms with Crippen molar-refractivity contribution in [3.05, 3.63) is 73.1 Å². The Morgan fingerprint density at radius 2 is 1.39 bits per heavy atom. The third-order valence-corrected chi connectivity index (χ3v) is 6.23. The lowest BCUT2D eigenvalue weighted by molar-refractivity contribution is 0.899. The summed E-state index contributed by atoms with van der Waals surface area (Å²) in [6.07, 6.45) is 5.98. The van der Waals surface area contributed by atoms with Crippen molar-refractivity contribution in [2.75, 3.05) is 11.5 Å². The molecule has 0 radical (unpaired) electrons. The van der Waals surface area contributed by atoms with Gasteiger partial charge >= 0.3 is 0 Å². The van der Waals surface area contributed by atoms with Gasteiger partial charge in [-0.3, -0.25) is 0 Å². The number of thioether (sulfide) groups is 2. The molecule has 0 aliphatic rings. The Morgan fingerprint density at radius 3 is 2.04 bits per heavy atom. The van der Waals surface area contributed by atoms with E-state index in [1.807, 2.05) is 18.3 Å². The van der Waals surface area contributed by atoms with E-state index in [1.54, 1.807) is 29.7 Å². The number of hydrogen-bond acceptors (Lipinski definition) is 4. The van der Waals surface area contributed by atoms with Gasteiger partial charge in [0.05, 0.1) is 11.4 Å². The Labute approximate surface area is 173 Å². The van der Waals surface area contributed by atoms with Crippen molar-refractivity contribution in [1.29, 1.82) is 0 Å². The lowest BCUT2D eigenvalue weighted by Crippen LogP contribution is -1.86. The predicted octanol–water partition coefficient (Wildman–Crippen LogP) is 6.13. The van der Waals surface area contributed by atoms with Gasteiger partial charge in [-0.2, -0.15) is 0 Å². The lowest BCUT2D eigenvalue weighted by Gasteiger charge is -2.02. The summed E-state index contributed by atoms with van der Waals surface area (Å²) in [6, 6.07) is 20.8. The summed E-state index contributed by atoms with van der Waals surface area (Å²) < 4.78 is 0. The number of rotatable bonds is 9. The highest BCUT2D eigenvalue weighted by Gasteiger charge is 2.14. The number of aromatic nitrogens is 4. The van der Waals surface area contributed by atoms with E-state index in [1.165, 1.54) is 0 Å². The van der Waals surface area contributed by atoms with Crippen LogP contribution in [0.2, 0.25) is 0 Å². The maximum atomic E-state index is 4.90. The Kier molecular flexibility index (Phi) is 6.52. The second-order valence-corrected chi connectivity index (χ2v) is 8.46. The van der Waals surface area contributed by atoms with Gasteiger partial charge in [0, 0.05) is 35.0 Å². The summed E-state index contributed by atoms with van der Waals surface area (Å²) in [6.45, 7) is 0. The average Bonchev–Trinajstić information content (AvgIpc) is 3.42. The van der Waals surface area contributed by atoms with E-state index in [0.29, 0.717) is 0 Å². The fraction of sp³-hybridized carbons (Fsp3) is 0.182. The highest BCUT2D eigenvalue weighted by atomic mass is 32.2. The largest absolute Gasteiger partial charge is 0.340 e. The predicted molar refractivity (Wildman–Crippen MR) is 119 cm³/mol. The van der Waals surface area contributed by atoms with Crippen molar-refractivity contribution in [2.24, 2.45) is 0 Å². The lowest BCUT2D eigenvalue weighted by atomic mass is 10.1. The smallest absolute Gasteiger partial charge is 0.166 e. The van der Waals surface area contributed by atoms with Gasteiger partial charge in [-0.1, -0.05) is 84.2 Å². The van der Waals surface area contributed by atoms with Gasteiger partial charge in [-0.25, -0.2) is 9.97 Å². The molecule has 0 spiro atoms. The monoisotopic (exact) mass is 406 g/mol. The van der Waals surface area contributed by atoms with E-state index in [0.717, 1.165) is 57.2 Å². The minimum atomic E-state index is 0.983. The summed E-state index contributed by atoms with van der Waals surface area (Å²) in [5.41, 5.74) is 4.40. The van der Waals surface area contributed by atoms with Crippen LogP contribution in [0.5, 0.6) is 0 Å². The zero-order valence-corrected chi connectivity index (χ0v) is 17.1. The minimum absolute atomic E-state index is 0.983. The standard InChI is InChI=1S/C22H22N4S2/c1-3-9-17(10-4-1)19-20(18-11-5-2-6-12-18)26-22(25-19)28-16-8-7-15-27-21-23-13-14-24-21/h1-6,9-14H,7-8,15-16H2,(H,23,24)(H,25,26). The van der Waals surface area contributed by atoms with Gasteiger partial charge < -0.3 is 9.97 Å². The molecule has 0 amide bonds. The third kappa shape index (κ3) is 4.88. The molecule has 2 aromatic heterocycles. The molecule has 0 atom stereocenters. The second-order valence-electron chi connectivity index (χ2n) is 6.30.